The largest absolute Gasteiger partial charge is 0.507 e. The Labute approximate surface area is 128 Å². The van der Waals surface area contributed by atoms with Gasteiger partial charge in [-0.2, -0.15) is 0 Å². The molecule has 22 heavy (non-hydrogen) atoms. The first-order chi connectivity index (χ1) is 10.7. The molecule has 0 saturated heterocycles. The smallest absolute Gasteiger partial charge is 0.204 e. The molecular formula is C19H16O3. The molecule has 1 heterocycles. The maximum absolute atomic E-state index is 10.3. The number of aromatic hydroxyl groups is 1. The quantitative estimate of drug-likeness (QED) is 0.759. The van der Waals surface area contributed by atoms with Gasteiger partial charge in [0.1, 0.15) is 11.5 Å². The lowest BCUT2D eigenvalue weighted by atomic mass is 9.91. The van der Waals surface area contributed by atoms with Gasteiger partial charge in [-0.25, -0.2) is 0 Å². The molecule has 0 bridgehead atoms. The Morgan fingerprint density at radius 2 is 1.59 bits per heavy atom. The zero-order valence-electron chi connectivity index (χ0n) is 11.9. The number of ether oxygens (including phenoxy) is 1. The Bertz CT molecular complexity index is 827. The molecule has 4 rings (SSSR count). The van der Waals surface area contributed by atoms with E-state index >= 15 is 0 Å². The molecular weight excluding hydrogens is 276 g/mol. The van der Waals surface area contributed by atoms with Gasteiger partial charge < -0.3 is 14.9 Å². The maximum Gasteiger partial charge on any atom is 0.204 e. The van der Waals surface area contributed by atoms with Crippen molar-refractivity contribution in [1.82, 2.24) is 0 Å². The molecule has 1 aliphatic heterocycles. The first-order valence-corrected chi connectivity index (χ1v) is 7.37. The summed E-state index contributed by atoms with van der Waals surface area (Å²) < 4.78 is 5.70. The van der Waals surface area contributed by atoms with Crippen molar-refractivity contribution in [2.45, 2.75) is 18.6 Å². The normalized spacial score (nSPS) is 19.9. The van der Waals surface area contributed by atoms with Gasteiger partial charge in [0.2, 0.25) is 6.29 Å². The van der Waals surface area contributed by atoms with E-state index in [0.717, 1.165) is 21.9 Å². The van der Waals surface area contributed by atoms with E-state index < -0.39 is 6.29 Å². The van der Waals surface area contributed by atoms with Crippen molar-refractivity contribution >= 4 is 10.8 Å². The van der Waals surface area contributed by atoms with Crippen molar-refractivity contribution in [3.05, 3.63) is 71.8 Å². The molecule has 3 aromatic carbocycles. The summed E-state index contributed by atoms with van der Waals surface area (Å²) in [5.41, 5.74) is 2.00. The standard InChI is InChI=1S/C19H16O3/c20-17-11-15-16(10-12-6-2-1-3-7-12)19(21)22-18(15)14-9-5-4-8-13(14)17/h1-9,11,16,19-21H,10H2/t16-,19-/m1/s1. The van der Waals surface area contributed by atoms with Crippen LogP contribution in [0.15, 0.2) is 60.7 Å². The highest BCUT2D eigenvalue weighted by Gasteiger charge is 2.35. The molecule has 2 atom stereocenters. The third kappa shape index (κ3) is 2.02. The van der Waals surface area contributed by atoms with Crippen LogP contribution in [0.5, 0.6) is 11.5 Å². The van der Waals surface area contributed by atoms with Crippen LogP contribution in [-0.4, -0.2) is 16.5 Å². The van der Waals surface area contributed by atoms with E-state index in [4.69, 9.17) is 4.74 Å². The second kappa shape index (κ2) is 5.04. The molecule has 0 radical (unpaired) electrons. The van der Waals surface area contributed by atoms with Gasteiger partial charge in [-0.15, -0.1) is 0 Å². The maximum atomic E-state index is 10.3. The Morgan fingerprint density at radius 1 is 0.909 bits per heavy atom. The number of aliphatic hydroxyl groups is 1. The van der Waals surface area contributed by atoms with Crippen LogP contribution in [0, 0.1) is 0 Å². The van der Waals surface area contributed by atoms with Crippen LogP contribution in [0.4, 0.5) is 0 Å². The van der Waals surface area contributed by atoms with Crippen molar-refractivity contribution in [1.29, 1.82) is 0 Å². The second-order valence-corrected chi connectivity index (χ2v) is 5.66. The van der Waals surface area contributed by atoms with E-state index in [9.17, 15) is 10.2 Å². The summed E-state index contributed by atoms with van der Waals surface area (Å²) >= 11 is 0. The fourth-order valence-corrected chi connectivity index (χ4v) is 3.19. The van der Waals surface area contributed by atoms with Crippen LogP contribution in [0.25, 0.3) is 10.8 Å². The summed E-state index contributed by atoms with van der Waals surface area (Å²) in [5.74, 6) is 0.736. The molecule has 0 aromatic heterocycles. The number of hydrogen-bond acceptors (Lipinski definition) is 3. The molecule has 3 aromatic rings. The van der Waals surface area contributed by atoms with Gasteiger partial charge in [0.25, 0.3) is 0 Å². The Morgan fingerprint density at radius 3 is 2.36 bits per heavy atom. The van der Waals surface area contributed by atoms with Gasteiger partial charge in [0, 0.05) is 16.3 Å². The zero-order valence-corrected chi connectivity index (χ0v) is 11.9. The second-order valence-electron chi connectivity index (χ2n) is 5.66. The van der Waals surface area contributed by atoms with E-state index in [1.807, 2.05) is 54.6 Å². The summed E-state index contributed by atoms with van der Waals surface area (Å²) in [7, 11) is 0. The molecule has 0 spiro atoms. The van der Waals surface area contributed by atoms with Crippen LogP contribution in [0.3, 0.4) is 0 Å². The summed E-state index contributed by atoms with van der Waals surface area (Å²) in [6, 6.07) is 19.3. The lowest BCUT2D eigenvalue weighted by Crippen LogP contribution is -2.19. The summed E-state index contributed by atoms with van der Waals surface area (Å²) in [4.78, 5) is 0. The molecule has 1 aliphatic rings. The molecule has 3 nitrogen and oxygen atoms in total. The molecule has 0 fully saturated rings. The highest BCUT2D eigenvalue weighted by atomic mass is 16.6. The van der Waals surface area contributed by atoms with Crippen molar-refractivity contribution in [3.8, 4) is 11.5 Å². The van der Waals surface area contributed by atoms with Gasteiger partial charge in [-0.3, -0.25) is 0 Å². The van der Waals surface area contributed by atoms with Crippen molar-refractivity contribution in [2.75, 3.05) is 0 Å². The molecule has 0 unspecified atom stereocenters. The summed E-state index contributed by atoms with van der Waals surface area (Å²) in [6.45, 7) is 0. The van der Waals surface area contributed by atoms with E-state index in [0.29, 0.717) is 12.2 Å². The van der Waals surface area contributed by atoms with Gasteiger partial charge >= 0.3 is 0 Å². The Balaban J connectivity index is 1.82. The van der Waals surface area contributed by atoms with E-state index in [-0.39, 0.29) is 11.7 Å². The fraction of sp³-hybridized carbons (Fsp3) is 0.158. The number of rotatable bonds is 2. The number of phenols is 1. The average Bonchev–Trinajstić information content (AvgIpc) is 2.85. The predicted octanol–water partition coefficient (Wildman–Crippen LogP) is 3.58. The average molecular weight is 292 g/mol. The van der Waals surface area contributed by atoms with Crippen LogP contribution in [-0.2, 0) is 6.42 Å². The molecule has 0 aliphatic carbocycles. The number of aliphatic hydroxyl groups excluding tert-OH is 1. The molecule has 110 valence electrons. The van der Waals surface area contributed by atoms with Crippen molar-refractivity contribution in [2.24, 2.45) is 0 Å². The van der Waals surface area contributed by atoms with Gasteiger partial charge in [0.05, 0.1) is 5.92 Å². The fourth-order valence-electron chi connectivity index (χ4n) is 3.19. The van der Waals surface area contributed by atoms with E-state index in [1.54, 1.807) is 6.07 Å². The lowest BCUT2D eigenvalue weighted by Gasteiger charge is -2.13. The van der Waals surface area contributed by atoms with E-state index in [1.165, 1.54) is 0 Å². The number of fused-ring (bicyclic) bond motifs is 3. The SMILES string of the molecule is Oc1cc2c(c3ccccc13)O[C@@H](O)[C@@H]2Cc1ccccc1. The minimum Gasteiger partial charge on any atom is -0.507 e. The summed E-state index contributed by atoms with van der Waals surface area (Å²) in [5, 5.41) is 22.2. The van der Waals surface area contributed by atoms with Crippen LogP contribution >= 0.6 is 0 Å². The predicted molar refractivity (Wildman–Crippen MR) is 85.1 cm³/mol. The first-order valence-electron chi connectivity index (χ1n) is 7.37. The van der Waals surface area contributed by atoms with Gasteiger partial charge in [0.15, 0.2) is 0 Å². The lowest BCUT2D eigenvalue weighted by molar-refractivity contribution is -0.0172. The highest BCUT2D eigenvalue weighted by Crippen LogP contribution is 2.46. The van der Waals surface area contributed by atoms with Crippen molar-refractivity contribution < 1.29 is 14.9 Å². The topological polar surface area (TPSA) is 49.7 Å². The van der Waals surface area contributed by atoms with Crippen LogP contribution in [0.1, 0.15) is 17.0 Å². The first kappa shape index (κ1) is 13.2. The van der Waals surface area contributed by atoms with Gasteiger partial charge in [-0.1, -0.05) is 54.6 Å². The van der Waals surface area contributed by atoms with Crippen LogP contribution in [0.2, 0.25) is 0 Å². The van der Waals surface area contributed by atoms with Gasteiger partial charge in [-0.05, 0) is 18.1 Å². The number of phenolic OH excluding ortho intramolecular Hbond substituents is 1. The number of benzene rings is 3. The third-order valence-corrected chi connectivity index (χ3v) is 4.28. The molecule has 0 saturated carbocycles. The Kier molecular flexibility index (Phi) is 3.01. The van der Waals surface area contributed by atoms with Crippen LogP contribution < -0.4 is 4.74 Å². The number of hydrogen-bond donors (Lipinski definition) is 2. The van der Waals surface area contributed by atoms with Crippen molar-refractivity contribution in [3.63, 3.8) is 0 Å². The third-order valence-electron chi connectivity index (χ3n) is 4.28. The monoisotopic (exact) mass is 292 g/mol. The molecule has 0 amide bonds. The highest BCUT2D eigenvalue weighted by molar-refractivity contribution is 5.94. The minimum atomic E-state index is -0.889. The zero-order chi connectivity index (χ0) is 15.1. The molecule has 3 heteroatoms. The minimum absolute atomic E-state index is 0.173. The molecule has 2 N–H and O–H groups in total. The Hall–Kier alpha value is -2.52. The van der Waals surface area contributed by atoms with E-state index in [2.05, 4.69) is 0 Å². The summed E-state index contributed by atoms with van der Waals surface area (Å²) in [6.07, 6.45) is -0.215.